The maximum absolute atomic E-state index is 14.4. The third kappa shape index (κ3) is 4.15. The number of benzene rings is 1. The quantitative estimate of drug-likeness (QED) is 0.809. The van der Waals surface area contributed by atoms with Crippen molar-refractivity contribution in [1.29, 1.82) is 0 Å². The van der Waals surface area contributed by atoms with Gasteiger partial charge in [-0.05, 0) is 25.6 Å². The lowest BCUT2D eigenvalue weighted by molar-refractivity contribution is 0.199. The average molecular weight is 295 g/mol. The highest BCUT2D eigenvalue weighted by molar-refractivity contribution is 5.56. The van der Waals surface area contributed by atoms with Gasteiger partial charge in [-0.3, -0.25) is 0 Å². The highest BCUT2D eigenvalue weighted by Crippen LogP contribution is 2.28. The molecule has 1 aliphatic heterocycles. The fraction of sp³-hybridized carbons (Fsp3) is 0.625. The van der Waals surface area contributed by atoms with E-state index in [0.717, 1.165) is 37.4 Å². The number of likely N-dealkylation sites (N-methyl/N-ethyl adjacent to an activating group) is 1. The number of nitrogens with zero attached hydrogens (tertiary/aromatic N) is 2. The zero-order valence-electron chi connectivity index (χ0n) is 13.2. The molecule has 1 aromatic rings. The summed E-state index contributed by atoms with van der Waals surface area (Å²) in [5.41, 5.74) is 1.77. The van der Waals surface area contributed by atoms with E-state index in [2.05, 4.69) is 29.1 Å². The Bertz CT molecular complexity index is 455. The first-order valence-electron chi connectivity index (χ1n) is 7.55. The molecule has 1 aromatic carbocycles. The summed E-state index contributed by atoms with van der Waals surface area (Å²) in [7, 11) is 3.80. The molecule has 0 spiro atoms. The first-order valence-corrected chi connectivity index (χ1v) is 7.55. The standard InChI is InChI=1S/C16H26FN3O/c1-13-12-19(2)8-9-20(13)16-14(5-4-6-15(16)17)11-18-7-10-21-3/h4-6,13,18H,7-12H2,1-3H3. The van der Waals surface area contributed by atoms with E-state index in [1.807, 2.05) is 6.07 Å². The molecule has 1 aliphatic rings. The minimum absolute atomic E-state index is 0.127. The number of para-hydroxylation sites is 1. The molecule has 0 aliphatic carbocycles. The smallest absolute Gasteiger partial charge is 0.146 e. The topological polar surface area (TPSA) is 27.7 Å². The largest absolute Gasteiger partial charge is 0.383 e. The summed E-state index contributed by atoms with van der Waals surface area (Å²) in [5, 5.41) is 3.30. The average Bonchev–Trinajstić information content (AvgIpc) is 2.45. The van der Waals surface area contributed by atoms with Crippen LogP contribution < -0.4 is 10.2 Å². The van der Waals surface area contributed by atoms with Gasteiger partial charge in [-0.25, -0.2) is 4.39 Å². The van der Waals surface area contributed by atoms with Gasteiger partial charge in [0, 0.05) is 45.9 Å². The predicted octanol–water partition coefficient (Wildman–Crippen LogP) is 1.70. The minimum atomic E-state index is -0.127. The molecule has 1 unspecified atom stereocenters. The van der Waals surface area contributed by atoms with Crippen molar-refractivity contribution in [2.24, 2.45) is 0 Å². The summed E-state index contributed by atoms with van der Waals surface area (Å²) in [4.78, 5) is 4.49. The van der Waals surface area contributed by atoms with Crippen LogP contribution in [0.1, 0.15) is 12.5 Å². The molecule has 4 nitrogen and oxygen atoms in total. The lowest BCUT2D eigenvalue weighted by Crippen LogP contribution is -2.51. The fourth-order valence-corrected chi connectivity index (χ4v) is 2.89. The zero-order valence-corrected chi connectivity index (χ0v) is 13.2. The van der Waals surface area contributed by atoms with E-state index in [-0.39, 0.29) is 5.82 Å². The number of anilines is 1. The molecule has 1 N–H and O–H groups in total. The Hall–Kier alpha value is -1.17. The van der Waals surface area contributed by atoms with Crippen LogP contribution in [0.15, 0.2) is 18.2 Å². The van der Waals surface area contributed by atoms with E-state index in [1.54, 1.807) is 19.2 Å². The van der Waals surface area contributed by atoms with E-state index in [9.17, 15) is 4.39 Å². The van der Waals surface area contributed by atoms with Crippen molar-refractivity contribution < 1.29 is 9.13 Å². The Morgan fingerprint density at radius 3 is 2.90 bits per heavy atom. The predicted molar refractivity (Wildman–Crippen MR) is 84.3 cm³/mol. The number of ether oxygens (including phenoxy) is 1. The number of hydrogen-bond donors (Lipinski definition) is 1. The second-order valence-corrected chi connectivity index (χ2v) is 5.72. The Kier molecular flexibility index (Phi) is 5.96. The molecule has 0 saturated carbocycles. The third-order valence-corrected chi connectivity index (χ3v) is 3.99. The van der Waals surface area contributed by atoms with Gasteiger partial charge in [-0.2, -0.15) is 0 Å². The van der Waals surface area contributed by atoms with Gasteiger partial charge in [0.05, 0.1) is 12.3 Å². The Morgan fingerprint density at radius 2 is 2.19 bits per heavy atom. The summed E-state index contributed by atoms with van der Waals surface area (Å²) in [6.45, 7) is 7.05. The van der Waals surface area contributed by atoms with E-state index in [4.69, 9.17) is 4.74 Å². The maximum Gasteiger partial charge on any atom is 0.146 e. The molecule has 118 valence electrons. The van der Waals surface area contributed by atoms with Crippen molar-refractivity contribution in [3.05, 3.63) is 29.6 Å². The van der Waals surface area contributed by atoms with Gasteiger partial charge in [0.25, 0.3) is 0 Å². The van der Waals surface area contributed by atoms with Crippen LogP contribution >= 0.6 is 0 Å². The van der Waals surface area contributed by atoms with E-state index < -0.39 is 0 Å². The summed E-state index contributed by atoms with van der Waals surface area (Å²) < 4.78 is 19.4. The monoisotopic (exact) mass is 295 g/mol. The van der Waals surface area contributed by atoms with Crippen molar-refractivity contribution in [3.8, 4) is 0 Å². The van der Waals surface area contributed by atoms with Crippen LogP contribution in [-0.4, -0.2) is 57.9 Å². The molecule has 1 fully saturated rings. The number of hydrogen-bond acceptors (Lipinski definition) is 4. The van der Waals surface area contributed by atoms with Crippen LogP contribution in [0, 0.1) is 5.82 Å². The summed E-state index contributed by atoms with van der Waals surface area (Å²) >= 11 is 0. The van der Waals surface area contributed by atoms with Crippen LogP contribution in [0.4, 0.5) is 10.1 Å². The van der Waals surface area contributed by atoms with Gasteiger partial charge in [0.15, 0.2) is 0 Å². The number of methoxy groups -OCH3 is 1. The molecule has 1 atom stereocenters. The van der Waals surface area contributed by atoms with E-state index in [1.165, 1.54) is 0 Å². The molecule has 2 rings (SSSR count). The second kappa shape index (κ2) is 7.73. The van der Waals surface area contributed by atoms with Crippen LogP contribution in [0.5, 0.6) is 0 Å². The van der Waals surface area contributed by atoms with Gasteiger partial charge >= 0.3 is 0 Å². The Morgan fingerprint density at radius 1 is 1.38 bits per heavy atom. The lowest BCUT2D eigenvalue weighted by Gasteiger charge is -2.40. The van der Waals surface area contributed by atoms with Crippen molar-refractivity contribution in [2.75, 3.05) is 51.8 Å². The highest BCUT2D eigenvalue weighted by atomic mass is 19.1. The van der Waals surface area contributed by atoms with Crippen molar-refractivity contribution in [2.45, 2.75) is 19.5 Å². The minimum Gasteiger partial charge on any atom is -0.383 e. The van der Waals surface area contributed by atoms with Crippen LogP contribution in [0.25, 0.3) is 0 Å². The van der Waals surface area contributed by atoms with E-state index >= 15 is 0 Å². The van der Waals surface area contributed by atoms with Crippen molar-refractivity contribution in [3.63, 3.8) is 0 Å². The molecular formula is C16H26FN3O. The Labute approximate surface area is 126 Å². The molecule has 1 heterocycles. The summed E-state index contributed by atoms with van der Waals surface area (Å²) in [5.74, 6) is -0.127. The number of nitrogens with one attached hydrogen (secondary N) is 1. The lowest BCUT2D eigenvalue weighted by atomic mass is 10.1. The molecule has 0 radical (unpaired) electrons. The van der Waals surface area contributed by atoms with E-state index in [0.29, 0.717) is 19.2 Å². The number of rotatable bonds is 6. The van der Waals surface area contributed by atoms with Crippen molar-refractivity contribution in [1.82, 2.24) is 10.2 Å². The van der Waals surface area contributed by atoms with Gasteiger partial charge in [0.2, 0.25) is 0 Å². The summed E-state index contributed by atoms with van der Waals surface area (Å²) in [6.07, 6.45) is 0. The fourth-order valence-electron chi connectivity index (χ4n) is 2.89. The molecule has 5 heteroatoms. The van der Waals surface area contributed by atoms with Crippen molar-refractivity contribution >= 4 is 5.69 Å². The highest BCUT2D eigenvalue weighted by Gasteiger charge is 2.25. The molecule has 0 amide bonds. The van der Waals surface area contributed by atoms with Crippen LogP contribution in [0.2, 0.25) is 0 Å². The molecular weight excluding hydrogens is 269 g/mol. The Balaban J connectivity index is 2.13. The van der Waals surface area contributed by atoms with Gasteiger partial charge in [0.1, 0.15) is 5.82 Å². The molecule has 0 bridgehead atoms. The molecule has 21 heavy (non-hydrogen) atoms. The first kappa shape index (κ1) is 16.2. The number of piperazine rings is 1. The van der Waals surface area contributed by atoms with Gasteiger partial charge < -0.3 is 19.9 Å². The second-order valence-electron chi connectivity index (χ2n) is 5.72. The van der Waals surface area contributed by atoms with Gasteiger partial charge in [-0.15, -0.1) is 0 Å². The summed E-state index contributed by atoms with van der Waals surface area (Å²) in [6, 6.07) is 5.66. The van der Waals surface area contributed by atoms with Gasteiger partial charge in [-0.1, -0.05) is 12.1 Å². The SMILES string of the molecule is COCCNCc1cccc(F)c1N1CCN(C)CC1C. The molecule has 0 aromatic heterocycles. The first-order chi connectivity index (χ1) is 10.1. The van der Waals surface area contributed by atoms with Crippen LogP contribution in [-0.2, 0) is 11.3 Å². The number of halogens is 1. The maximum atomic E-state index is 14.4. The third-order valence-electron chi connectivity index (χ3n) is 3.99. The zero-order chi connectivity index (χ0) is 15.2. The normalized spacial score (nSPS) is 20.0. The van der Waals surface area contributed by atoms with Crippen LogP contribution in [0.3, 0.4) is 0 Å². The molecule has 1 saturated heterocycles.